The van der Waals surface area contributed by atoms with Gasteiger partial charge in [-0.2, -0.15) is 0 Å². The summed E-state index contributed by atoms with van der Waals surface area (Å²) in [5, 5.41) is 2.36. The Balaban J connectivity index is 1.31. The van der Waals surface area contributed by atoms with Gasteiger partial charge in [0.2, 0.25) is 0 Å². The first-order valence-corrected chi connectivity index (χ1v) is 11.8. The summed E-state index contributed by atoms with van der Waals surface area (Å²) in [4.78, 5) is 22.2. The van der Waals surface area contributed by atoms with Crippen molar-refractivity contribution in [3.63, 3.8) is 0 Å². The summed E-state index contributed by atoms with van der Waals surface area (Å²) >= 11 is 0. The van der Waals surface area contributed by atoms with Gasteiger partial charge in [0.25, 0.3) is 5.91 Å². The van der Waals surface area contributed by atoms with Gasteiger partial charge in [0.05, 0.1) is 13.2 Å². The number of hydrogen-bond acceptors (Lipinski definition) is 4. The molecule has 0 radical (unpaired) electrons. The number of benzene rings is 2. The molecule has 0 saturated carbocycles. The molecule has 1 aromatic heterocycles. The Bertz CT molecular complexity index is 1080. The van der Waals surface area contributed by atoms with Crippen LogP contribution in [-0.2, 0) is 17.7 Å². The highest BCUT2D eigenvalue weighted by Gasteiger charge is 2.26. The zero-order valence-electron chi connectivity index (χ0n) is 18.6. The molecule has 0 bridgehead atoms. The van der Waals surface area contributed by atoms with Crippen LogP contribution >= 0.6 is 0 Å². The molecule has 2 saturated heterocycles. The topological polar surface area (TPSA) is 45.7 Å². The van der Waals surface area contributed by atoms with E-state index in [1.54, 1.807) is 0 Å². The van der Waals surface area contributed by atoms with Crippen molar-refractivity contribution in [2.45, 2.75) is 25.8 Å². The number of pyridine rings is 1. The van der Waals surface area contributed by atoms with E-state index in [0.29, 0.717) is 19.8 Å². The van der Waals surface area contributed by atoms with Crippen molar-refractivity contribution in [1.29, 1.82) is 0 Å². The molecule has 2 aliphatic rings. The number of nitrogens with zero attached hydrogens (tertiary/aromatic N) is 3. The van der Waals surface area contributed by atoms with E-state index in [9.17, 15) is 4.79 Å². The zero-order chi connectivity index (χ0) is 21.8. The second-order valence-electron chi connectivity index (χ2n) is 9.09. The van der Waals surface area contributed by atoms with Crippen LogP contribution in [0.3, 0.4) is 0 Å². The van der Waals surface area contributed by atoms with Crippen LogP contribution in [-0.4, -0.2) is 60.1 Å². The van der Waals surface area contributed by atoms with Gasteiger partial charge in [0, 0.05) is 48.9 Å². The molecule has 3 heterocycles. The molecule has 2 aromatic carbocycles. The minimum absolute atomic E-state index is 0.139. The zero-order valence-corrected chi connectivity index (χ0v) is 18.6. The second-order valence-corrected chi connectivity index (χ2v) is 9.09. The van der Waals surface area contributed by atoms with Crippen LogP contribution < -0.4 is 0 Å². The summed E-state index contributed by atoms with van der Waals surface area (Å²) in [6.07, 6.45) is 7.14. The standard InChI is InChI=1S/C27H31N3O2/c31-27(26-6-2-1-5-25(26)19-29-11-3-4-12-29)30-13-14-32-20-22(18-30)15-21-7-8-24-17-28-10-9-23(24)16-21/h1-2,5-10,16-17,22H,3-4,11-15,18-20H2. The van der Waals surface area contributed by atoms with Crippen molar-refractivity contribution in [1.82, 2.24) is 14.8 Å². The number of carbonyl (C=O) groups is 1. The normalized spacial score (nSPS) is 19.9. The molecule has 1 atom stereocenters. The van der Waals surface area contributed by atoms with Crippen LogP contribution in [0.5, 0.6) is 0 Å². The third-order valence-electron chi connectivity index (χ3n) is 6.69. The summed E-state index contributed by atoms with van der Waals surface area (Å²) in [7, 11) is 0. The van der Waals surface area contributed by atoms with Crippen molar-refractivity contribution >= 4 is 16.7 Å². The van der Waals surface area contributed by atoms with Crippen molar-refractivity contribution in [3.8, 4) is 0 Å². The monoisotopic (exact) mass is 429 g/mol. The maximum Gasteiger partial charge on any atom is 0.254 e. The minimum atomic E-state index is 0.139. The van der Waals surface area contributed by atoms with E-state index in [-0.39, 0.29) is 11.8 Å². The van der Waals surface area contributed by atoms with Crippen LogP contribution in [0.4, 0.5) is 0 Å². The fourth-order valence-corrected chi connectivity index (χ4v) is 5.00. The van der Waals surface area contributed by atoms with E-state index in [4.69, 9.17) is 4.74 Å². The Hall–Kier alpha value is -2.76. The lowest BCUT2D eigenvalue weighted by Gasteiger charge is -2.25. The number of hydrogen-bond donors (Lipinski definition) is 0. The van der Waals surface area contributed by atoms with E-state index < -0.39 is 0 Å². The van der Waals surface area contributed by atoms with E-state index in [2.05, 4.69) is 40.2 Å². The molecule has 1 amide bonds. The van der Waals surface area contributed by atoms with Gasteiger partial charge in [0.1, 0.15) is 0 Å². The van der Waals surface area contributed by atoms with Crippen LogP contribution in [0.1, 0.15) is 34.3 Å². The summed E-state index contributed by atoms with van der Waals surface area (Å²) in [5.74, 6) is 0.423. The SMILES string of the molecule is O=C(c1ccccc1CN1CCCC1)N1CCOCC(Cc2ccc3cnccc3c2)C1. The first-order chi connectivity index (χ1) is 15.8. The number of rotatable bonds is 5. The van der Waals surface area contributed by atoms with Gasteiger partial charge in [-0.05, 0) is 61.0 Å². The van der Waals surface area contributed by atoms with E-state index >= 15 is 0 Å². The van der Waals surface area contributed by atoms with Crippen molar-refractivity contribution in [2.24, 2.45) is 5.92 Å². The average Bonchev–Trinajstić information content (AvgIpc) is 3.23. The van der Waals surface area contributed by atoms with E-state index in [1.807, 2.05) is 35.5 Å². The molecule has 3 aromatic rings. The van der Waals surface area contributed by atoms with Gasteiger partial charge in [-0.1, -0.05) is 36.4 Å². The average molecular weight is 430 g/mol. The van der Waals surface area contributed by atoms with Crippen LogP contribution in [0, 0.1) is 5.92 Å². The lowest BCUT2D eigenvalue weighted by atomic mass is 9.97. The Labute approximate surface area is 190 Å². The van der Waals surface area contributed by atoms with Gasteiger partial charge < -0.3 is 9.64 Å². The number of aromatic nitrogens is 1. The molecule has 0 aliphatic carbocycles. The van der Waals surface area contributed by atoms with Crippen molar-refractivity contribution in [3.05, 3.63) is 77.6 Å². The molecule has 2 aliphatic heterocycles. The second kappa shape index (κ2) is 9.80. The first-order valence-electron chi connectivity index (χ1n) is 11.8. The molecular weight excluding hydrogens is 398 g/mol. The quantitative estimate of drug-likeness (QED) is 0.611. The molecule has 2 fully saturated rings. The highest BCUT2D eigenvalue weighted by molar-refractivity contribution is 5.95. The Kier molecular flexibility index (Phi) is 6.46. The van der Waals surface area contributed by atoms with Crippen LogP contribution in [0.15, 0.2) is 60.9 Å². The summed E-state index contributed by atoms with van der Waals surface area (Å²) in [5.41, 5.74) is 3.27. The number of amides is 1. The van der Waals surface area contributed by atoms with Gasteiger partial charge in [-0.15, -0.1) is 0 Å². The molecule has 5 rings (SSSR count). The molecule has 166 valence electrons. The lowest BCUT2D eigenvalue weighted by molar-refractivity contribution is 0.0735. The smallest absolute Gasteiger partial charge is 0.254 e. The predicted molar refractivity (Wildman–Crippen MR) is 127 cm³/mol. The first kappa shape index (κ1) is 21.1. The van der Waals surface area contributed by atoms with Gasteiger partial charge in [0.15, 0.2) is 0 Å². The maximum atomic E-state index is 13.6. The molecule has 32 heavy (non-hydrogen) atoms. The molecule has 1 unspecified atom stereocenters. The number of likely N-dealkylation sites (tertiary alicyclic amines) is 1. The third kappa shape index (κ3) is 4.84. The Morgan fingerprint density at radius 1 is 1.03 bits per heavy atom. The van der Waals surface area contributed by atoms with Crippen LogP contribution in [0.25, 0.3) is 10.8 Å². The van der Waals surface area contributed by atoms with Gasteiger partial charge >= 0.3 is 0 Å². The van der Waals surface area contributed by atoms with Crippen molar-refractivity contribution in [2.75, 3.05) is 39.4 Å². The van der Waals surface area contributed by atoms with E-state index in [0.717, 1.165) is 49.1 Å². The predicted octanol–water partition coefficient (Wildman–Crippen LogP) is 4.16. The third-order valence-corrected chi connectivity index (χ3v) is 6.69. The van der Waals surface area contributed by atoms with E-state index in [1.165, 1.54) is 23.8 Å². The summed E-state index contributed by atoms with van der Waals surface area (Å²) in [6.45, 7) is 5.78. The molecule has 0 spiro atoms. The number of carbonyl (C=O) groups excluding carboxylic acids is 1. The highest BCUT2D eigenvalue weighted by atomic mass is 16.5. The fourth-order valence-electron chi connectivity index (χ4n) is 5.00. The molecule has 5 nitrogen and oxygen atoms in total. The highest BCUT2D eigenvalue weighted by Crippen LogP contribution is 2.22. The summed E-state index contributed by atoms with van der Waals surface area (Å²) in [6, 6.07) is 16.7. The minimum Gasteiger partial charge on any atom is -0.379 e. The molecular formula is C27H31N3O2. The van der Waals surface area contributed by atoms with Gasteiger partial charge in [-0.25, -0.2) is 0 Å². The summed E-state index contributed by atoms with van der Waals surface area (Å²) < 4.78 is 5.91. The number of fused-ring (bicyclic) bond motifs is 1. The van der Waals surface area contributed by atoms with Crippen LogP contribution in [0.2, 0.25) is 0 Å². The van der Waals surface area contributed by atoms with Crippen molar-refractivity contribution < 1.29 is 9.53 Å². The largest absolute Gasteiger partial charge is 0.379 e. The number of ether oxygens (including phenoxy) is 1. The molecule has 0 N–H and O–H groups in total. The van der Waals surface area contributed by atoms with Gasteiger partial charge in [-0.3, -0.25) is 14.7 Å². The Morgan fingerprint density at radius 2 is 1.91 bits per heavy atom. The molecule has 5 heteroatoms. The lowest BCUT2D eigenvalue weighted by Crippen LogP contribution is -2.37. The Morgan fingerprint density at radius 3 is 2.81 bits per heavy atom. The maximum absolute atomic E-state index is 13.6. The fraction of sp³-hybridized carbons (Fsp3) is 0.407.